The molecule has 1 aromatic rings. The molecular weight excluding hydrogens is 351 g/mol. The summed E-state index contributed by atoms with van der Waals surface area (Å²) in [5.41, 5.74) is 0.910. The molecule has 1 saturated heterocycles. The predicted octanol–water partition coefficient (Wildman–Crippen LogP) is 3.28. The molecule has 0 radical (unpaired) electrons. The van der Waals surface area contributed by atoms with Crippen LogP contribution in [-0.2, 0) is 16.1 Å². The Morgan fingerprint density at radius 2 is 1.92 bits per heavy atom. The van der Waals surface area contributed by atoms with E-state index in [1.807, 2.05) is 18.2 Å². The summed E-state index contributed by atoms with van der Waals surface area (Å²) in [7, 11) is 0. The average molecular weight is 373 g/mol. The van der Waals surface area contributed by atoms with Gasteiger partial charge in [0.05, 0.1) is 0 Å². The molecule has 0 saturated carbocycles. The molecule has 1 aromatic carbocycles. The van der Waals surface area contributed by atoms with Gasteiger partial charge in [0.25, 0.3) is 0 Å². The number of amides is 1. The number of carboxylic acids is 1. The van der Waals surface area contributed by atoms with Gasteiger partial charge in [0.1, 0.15) is 6.54 Å². The van der Waals surface area contributed by atoms with Crippen LogP contribution in [0.4, 0.5) is 0 Å². The second-order valence-corrected chi connectivity index (χ2v) is 6.92. The monoisotopic (exact) mass is 372 g/mol. The van der Waals surface area contributed by atoms with Crippen LogP contribution in [0.25, 0.3) is 0 Å². The molecular formula is C17H22Cl2N2O3. The summed E-state index contributed by atoms with van der Waals surface area (Å²) in [6.45, 7) is 3.49. The lowest BCUT2D eigenvalue weighted by atomic mass is 10.1. The minimum atomic E-state index is -0.978. The third-order valence-corrected chi connectivity index (χ3v) is 5.09. The van der Waals surface area contributed by atoms with Crippen molar-refractivity contribution in [3.8, 4) is 0 Å². The number of carboxylic acid groups (broad SMARTS) is 1. The van der Waals surface area contributed by atoms with Crippen molar-refractivity contribution in [1.82, 2.24) is 9.80 Å². The average Bonchev–Trinajstić information content (AvgIpc) is 2.74. The largest absolute Gasteiger partial charge is 0.480 e. The lowest BCUT2D eigenvalue weighted by Gasteiger charge is -2.29. The van der Waals surface area contributed by atoms with E-state index < -0.39 is 5.97 Å². The van der Waals surface area contributed by atoms with Crippen LogP contribution in [0.15, 0.2) is 18.2 Å². The summed E-state index contributed by atoms with van der Waals surface area (Å²) < 4.78 is 0. The minimum Gasteiger partial charge on any atom is -0.480 e. The van der Waals surface area contributed by atoms with E-state index >= 15 is 0 Å². The molecule has 2 rings (SSSR count). The fourth-order valence-electron chi connectivity index (χ4n) is 3.16. The molecule has 1 heterocycles. The fraction of sp³-hybridized carbons (Fsp3) is 0.529. The molecule has 0 spiro atoms. The molecule has 0 aromatic heterocycles. The van der Waals surface area contributed by atoms with E-state index in [0.717, 1.165) is 37.9 Å². The molecule has 0 bridgehead atoms. The Bertz CT molecular complexity index is 589. The zero-order valence-electron chi connectivity index (χ0n) is 13.7. The standard InChI is InChI=1S/C17H22Cl2N2O3/c1-12(22)21(11-17(23)24)13-4-3-8-20(9-7-13)10-14-15(18)5-2-6-16(14)19/h2,5-6,13H,3-4,7-11H2,1H3,(H,23,24)/t13-/m0/s1. The Balaban J connectivity index is 2.02. The second-order valence-electron chi connectivity index (χ2n) is 6.10. The van der Waals surface area contributed by atoms with Gasteiger partial charge in [-0.3, -0.25) is 14.5 Å². The Morgan fingerprint density at radius 1 is 1.25 bits per heavy atom. The highest BCUT2D eigenvalue weighted by molar-refractivity contribution is 6.35. The van der Waals surface area contributed by atoms with E-state index in [9.17, 15) is 9.59 Å². The van der Waals surface area contributed by atoms with Crippen LogP contribution in [0.2, 0.25) is 10.0 Å². The molecule has 1 atom stereocenters. The number of carbonyl (C=O) groups is 2. The number of benzene rings is 1. The predicted molar refractivity (Wildman–Crippen MR) is 94.4 cm³/mol. The number of carbonyl (C=O) groups excluding carboxylic acids is 1. The van der Waals surface area contributed by atoms with Gasteiger partial charge < -0.3 is 10.0 Å². The third-order valence-electron chi connectivity index (χ3n) is 4.38. The van der Waals surface area contributed by atoms with Crippen LogP contribution < -0.4 is 0 Å². The van der Waals surface area contributed by atoms with Gasteiger partial charge in [-0.15, -0.1) is 0 Å². The minimum absolute atomic E-state index is 0.0367. The first kappa shape index (κ1) is 19.0. The van der Waals surface area contributed by atoms with E-state index in [-0.39, 0.29) is 18.5 Å². The van der Waals surface area contributed by atoms with E-state index in [2.05, 4.69) is 4.90 Å². The van der Waals surface area contributed by atoms with Crippen molar-refractivity contribution in [2.24, 2.45) is 0 Å². The quantitative estimate of drug-likeness (QED) is 0.861. The summed E-state index contributed by atoms with van der Waals surface area (Å²) in [6.07, 6.45) is 2.45. The highest BCUT2D eigenvalue weighted by Crippen LogP contribution is 2.27. The van der Waals surface area contributed by atoms with Crippen LogP contribution in [0.1, 0.15) is 31.7 Å². The van der Waals surface area contributed by atoms with Gasteiger partial charge in [0.15, 0.2) is 0 Å². The van der Waals surface area contributed by atoms with Crippen LogP contribution >= 0.6 is 23.2 Å². The summed E-state index contributed by atoms with van der Waals surface area (Å²) >= 11 is 12.5. The third kappa shape index (κ3) is 5.10. The molecule has 0 aliphatic carbocycles. The number of aliphatic carboxylic acids is 1. The zero-order chi connectivity index (χ0) is 17.7. The Morgan fingerprint density at radius 3 is 2.50 bits per heavy atom. The number of hydrogen-bond donors (Lipinski definition) is 1. The fourth-order valence-corrected chi connectivity index (χ4v) is 3.68. The topological polar surface area (TPSA) is 60.9 Å². The Kier molecular flexibility index (Phi) is 6.90. The maximum Gasteiger partial charge on any atom is 0.323 e. The Labute approximate surface area is 152 Å². The molecule has 1 aliphatic rings. The summed E-state index contributed by atoms with van der Waals surface area (Å²) in [5.74, 6) is -1.17. The van der Waals surface area contributed by atoms with Crippen LogP contribution in [0.5, 0.6) is 0 Å². The zero-order valence-corrected chi connectivity index (χ0v) is 15.2. The summed E-state index contributed by atoms with van der Waals surface area (Å²) in [5, 5.41) is 10.3. The van der Waals surface area contributed by atoms with Gasteiger partial charge in [-0.1, -0.05) is 29.3 Å². The molecule has 7 heteroatoms. The van der Waals surface area contributed by atoms with Crippen molar-refractivity contribution < 1.29 is 14.7 Å². The number of hydrogen-bond acceptors (Lipinski definition) is 3. The Hall–Kier alpha value is -1.30. The number of likely N-dealkylation sites (tertiary alicyclic amines) is 1. The van der Waals surface area contributed by atoms with Gasteiger partial charge in [-0.25, -0.2) is 0 Å². The number of halogens is 2. The second kappa shape index (κ2) is 8.70. The lowest BCUT2D eigenvalue weighted by Crippen LogP contribution is -2.42. The van der Waals surface area contributed by atoms with E-state index in [1.165, 1.54) is 11.8 Å². The van der Waals surface area contributed by atoms with Crippen molar-refractivity contribution in [2.75, 3.05) is 19.6 Å². The number of nitrogens with zero attached hydrogens (tertiary/aromatic N) is 2. The van der Waals surface area contributed by atoms with Crippen molar-refractivity contribution in [1.29, 1.82) is 0 Å². The van der Waals surface area contributed by atoms with Crippen LogP contribution in [0, 0.1) is 0 Å². The highest BCUT2D eigenvalue weighted by atomic mass is 35.5. The van der Waals surface area contributed by atoms with Gasteiger partial charge in [0.2, 0.25) is 5.91 Å². The van der Waals surface area contributed by atoms with Crippen molar-refractivity contribution >= 4 is 35.1 Å². The normalized spacial score (nSPS) is 18.9. The summed E-state index contributed by atoms with van der Waals surface area (Å²) in [6, 6.07) is 5.44. The smallest absolute Gasteiger partial charge is 0.323 e. The summed E-state index contributed by atoms with van der Waals surface area (Å²) in [4.78, 5) is 26.5. The molecule has 132 valence electrons. The van der Waals surface area contributed by atoms with Gasteiger partial charge in [0, 0.05) is 41.7 Å². The van der Waals surface area contributed by atoms with Gasteiger partial charge in [-0.2, -0.15) is 0 Å². The first-order chi connectivity index (χ1) is 11.4. The SMILES string of the molecule is CC(=O)N(CC(=O)O)[C@H]1CCCN(Cc2c(Cl)cccc2Cl)CC1. The van der Waals surface area contributed by atoms with Crippen molar-refractivity contribution in [3.63, 3.8) is 0 Å². The number of rotatable bonds is 5. The van der Waals surface area contributed by atoms with Gasteiger partial charge in [-0.05, 0) is 37.9 Å². The van der Waals surface area contributed by atoms with Crippen molar-refractivity contribution in [3.05, 3.63) is 33.8 Å². The van der Waals surface area contributed by atoms with E-state index in [1.54, 1.807) is 0 Å². The van der Waals surface area contributed by atoms with Crippen molar-refractivity contribution in [2.45, 2.75) is 38.8 Å². The molecule has 5 nitrogen and oxygen atoms in total. The first-order valence-corrected chi connectivity index (χ1v) is 8.78. The molecule has 1 N–H and O–H groups in total. The molecule has 1 amide bonds. The molecule has 0 unspecified atom stereocenters. The first-order valence-electron chi connectivity index (χ1n) is 8.02. The van der Waals surface area contributed by atoms with Gasteiger partial charge >= 0.3 is 5.97 Å². The van der Waals surface area contributed by atoms with Crippen LogP contribution in [-0.4, -0.2) is 52.5 Å². The maximum atomic E-state index is 11.8. The molecule has 1 aliphatic heterocycles. The lowest BCUT2D eigenvalue weighted by molar-refractivity contribution is -0.145. The van der Waals surface area contributed by atoms with E-state index in [0.29, 0.717) is 16.6 Å². The van der Waals surface area contributed by atoms with Crippen LogP contribution in [0.3, 0.4) is 0 Å². The molecule has 1 fully saturated rings. The highest BCUT2D eigenvalue weighted by Gasteiger charge is 2.26. The van der Waals surface area contributed by atoms with E-state index in [4.69, 9.17) is 28.3 Å². The molecule has 24 heavy (non-hydrogen) atoms. The maximum absolute atomic E-state index is 11.8.